The third-order valence-electron chi connectivity index (χ3n) is 4.94. The Morgan fingerprint density at radius 2 is 1.74 bits per heavy atom. The summed E-state index contributed by atoms with van der Waals surface area (Å²) in [5.41, 5.74) is 1.12. The van der Waals surface area contributed by atoms with Crippen LogP contribution in [0.4, 0.5) is 0 Å². The molecule has 0 saturated carbocycles. The number of para-hydroxylation sites is 2. The van der Waals surface area contributed by atoms with Crippen molar-refractivity contribution in [2.75, 3.05) is 33.4 Å². The standard InChI is InChI=1S/C22H28N2O3/c1-26-21-13-7-6-12-19(21)20(24-14-8-3-9-15-24)16-23-22(25)17-27-18-10-4-2-5-11-18/h2,4-7,10-13,20H,3,8-9,14-17H2,1H3,(H,23,25). The molecule has 1 heterocycles. The molecule has 2 aromatic carbocycles. The van der Waals surface area contributed by atoms with Crippen molar-refractivity contribution in [3.8, 4) is 11.5 Å². The molecule has 0 aliphatic carbocycles. The zero-order chi connectivity index (χ0) is 18.9. The first-order valence-corrected chi connectivity index (χ1v) is 9.59. The van der Waals surface area contributed by atoms with Crippen LogP contribution in [-0.4, -0.2) is 44.2 Å². The van der Waals surface area contributed by atoms with Gasteiger partial charge in [0, 0.05) is 12.1 Å². The Morgan fingerprint density at radius 1 is 1.04 bits per heavy atom. The molecule has 1 unspecified atom stereocenters. The van der Waals surface area contributed by atoms with E-state index in [1.165, 1.54) is 19.3 Å². The van der Waals surface area contributed by atoms with Crippen LogP contribution in [0, 0.1) is 0 Å². The summed E-state index contributed by atoms with van der Waals surface area (Å²) >= 11 is 0. The predicted octanol–water partition coefficient (Wildman–Crippen LogP) is 3.42. The summed E-state index contributed by atoms with van der Waals surface area (Å²) in [6, 6.07) is 17.6. The molecule has 1 aliphatic rings. The second-order valence-electron chi connectivity index (χ2n) is 6.76. The van der Waals surface area contributed by atoms with Crippen molar-refractivity contribution >= 4 is 5.91 Å². The molecule has 144 valence electrons. The summed E-state index contributed by atoms with van der Waals surface area (Å²) in [6.45, 7) is 2.64. The average molecular weight is 368 g/mol. The minimum absolute atomic E-state index is 0.0165. The number of amides is 1. The lowest BCUT2D eigenvalue weighted by Gasteiger charge is -2.35. The van der Waals surface area contributed by atoms with Crippen LogP contribution in [0.1, 0.15) is 30.9 Å². The molecule has 1 aliphatic heterocycles. The van der Waals surface area contributed by atoms with Crippen molar-refractivity contribution in [1.82, 2.24) is 10.2 Å². The molecular formula is C22H28N2O3. The number of benzene rings is 2. The van der Waals surface area contributed by atoms with Crippen molar-refractivity contribution in [1.29, 1.82) is 0 Å². The van der Waals surface area contributed by atoms with Crippen LogP contribution in [0.2, 0.25) is 0 Å². The number of likely N-dealkylation sites (tertiary alicyclic amines) is 1. The molecule has 5 heteroatoms. The summed E-state index contributed by atoms with van der Waals surface area (Å²) in [5.74, 6) is 1.45. The van der Waals surface area contributed by atoms with Crippen molar-refractivity contribution in [2.45, 2.75) is 25.3 Å². The summed E-state index contributed by atoms with van der Waals surface area (Å²) in [5, 5.41) is 3.04. The van der Waals surface area contributed by atoms with Gasteiger partial charge in [-0.05, 0) is 44.1 Å². The van der Waals surface area contributed by atoms with Crippen molar-refractivity contribution in [3.05, 3.63) is 60.2 Å². The minimum atomic E-state index is -0.115. The maximum Gasteiger partial charge on any atom is 0.258 e. The number of hydrogen-bond acceptors (Lipinski definition) is 4. The molecule has 1 fully saturated rings. The molecule has 1 saturated heterocycles. The third-order valence-corrected chi connectivity index (χ3v) is 4.94. The number of nitrogens with one attached hydrogen (secondary N) is 1. The first-order valence-electron chi connectivity index (χ1n) is 9.59. The molecule has 27 heavy (non-hydrogen) atoms. The fraction of sp³-hybridized carbons (Fsp3) is 0.409. The Labute approximate surface area is 161 Å². The number of carbonyl (C=O) groups is 1. The summed E-state index contributed by atoms with van der Waals surface area (Å²) < 4.78 is 11.1. The van der Waals surface area contributed by atoms with E-state index in [2.05, 4.69) is 16.3 Å². The molecule has 0 radical (unpaired) electrons. The van der Waals surface area contributed by atoms with E-state index >= 15 is 0 Å². The van der Waals surface area contributed by atoms with Gasteiger partial charge in [-0.2, -0.15) is 0 Å². The molecule has 1 atom stereocenters. The molecule has 0 aromatic heterocycles. The van der Waals surface area contributed by atoms with Crippen LogP contribution >= 0.6 is 0 Å². The van der Waals surface area contributed by atoms with Gasteiger partial charge in [-0.25, -0.2) is 0 Å². The highest BCUT2D eigenvalue weighted by Gasteiger charge is 2.25. The second-order valence-corrected chi connectivity index (χ2v) is 6.76. The molecule has 3 rings (SSSR count). The van der Waals surface area contributed by atoms with Crippen molar-refractivity contribution in [3.63, 3.8) is 0 Å². The maximum atomic E-state index is 12.3. The van der Waals surface area contributed by atoms with Gasteiger partial charge in [0.1, 0.15) is 11.5 Å². The van der Waals surface area contributed by atoms with Crippen molar-refractivity contribution in [2.24, 2.45) is 0 Å². The molecule has 2 aromatic rings. The summed E-state index contributed by atoms with van der Waals surface area (Å²) in [4.78, 5) is 14.7. The summed E-state index contributed by atoms with van der Waals surface area (Å²) in [6.07, 6.45) is 3.65. The van der Waals surface area contributed by atoms with E-state index in [4.69, 9.17) is 9.47 Å². The van der Waals surface area contributed by atoms with Crippen LogP contribution < -0.4 is 14.8 Å². The van der Waals surface area contributed by atoms with E-state index < -0.39 is 0 Å². The fourth-order valence-electron chi connectivity index (χ4n) is 3.53. The SMILES string of the molecule is COc1ccccc1C(CNC(=O)COc1ccccc1)N1CCCCC1. The highest BCUT2D eigenvalue weighted by atomic mass is 16.5. The quantitative estimate of drug-likeness (QED) is 0.776. The first-order chi connectivity index (χ1) is 13.3. The van der Waals surface area contributed by atoms with Crippen LogP contribution in [0.5, 0.6) is 11.5 Å². The Morgan fingerprint density at radius 3 is 2.48 bits per heavy atom. The molecular weight excluding hydrogens is 340 g/mol. The number of piperidine rings is 1. The van der Waals surface area contributed by atoms with Gasteiger partial charge in [-0.3, -0.25) is 9.69 Å². The number of hydrogen-bond donors (Lipinski definition) is 1. The largest absolute Gasteiger partial charge is 0.496 e. The van der Waals surface area contributed by atoms with Gasteiger partial charge < -0.3 is 14.8 Å². The third kappa shape index (κ3) is 5.47. The topological polar surface area (TPSA) is 50.8 Å². The van der Waals surface area contributed by atoms with Gasteiger partial charge in [0.25, 0.3) is 5.91 Å². The minimum Gasteiger partial charge on any atom is -0.496 e. The predicted molar refractivity (Wildman–Crippen MR) is 106 cm³/mol. The Kier molecular flexibility index (Phi) is 7.11. The second kappa shape index (κ2) is 9.97. The van der Waals surface area contributed by atoms with Gasteiger partial charge in [0.05, 0.1) is 13.2 Å². The van der Waals surface area contributed by atoms with Crippen LogP contribution in [-0.2, 0) is 4.79 Å². The Balaban J connectivity index is 1.63. The van der Waals surface area contributed by atoms with Crippen LogP contribution in [0.25, 0.3) is 0 Å². The van der Waals surface area contributed by atoms with Gasteiger partial charge in [0.15, 0.2) is 6.61 Å². The van der Waals surface area contributed by atoms with Crippen LogP contribution in [0.3, 0.4) is 0 Å². The molecule has 0 bridgehead atoms. The molecule has 5 nitrogen and oxygen atoms in total. The highest BCUT2D eigenvalue weighted by molar-refractivity contribution is 5.77. The lowest BCUT2D eigenvalue weighted by atomic mass is 10.0. The van der Waals surface area contributed by atoms with E-state index in [1.54, 1.807) is 7.11 Å². The monoisotopic (exact) mass is 368 g/mol. The maximum absolute atomic E-state index is 12.3. The fourth-order valence-corrected chi connectivity index (χ4v) is 3.53. The van der Waals surface area contributed by atoms with Crippen molar-refractivity contribution < 1.29 is 14.3 Å². The molecule has 1 amide bonds. The van der Waals surface area contributed by atoms with E-state index in [9.17, 15) is 4.79 Å². The summed E-state index contributed by atoms with van der Waals surface area (Å²) in [7, 11) is 1.69. The number of rotatable bonds is 8. The molecule has 0 spiro atoms. The number of nitrogens with zero attached hydrogens (tertiary/aromatic N) is 1. The number of ether oxygens (including phenoxy) is 2. The number of carbonyl (C=O) groups excluding carboxylic acids is 1. The van der Waals surface area contributed by atoms with E-state index in [0.717, 1.165) is 24.4 Å². The first kappa shape index (κ1) is 19.2. The smallest absolute Gasteiger partial charge is 0.258 e. The lowest BCUT2D eigenvalue weighted by molar-refractivity contribution is -0.123. The van der Waals surface area contributed by atoms with Gasteiger partial charge in [-0.15, -0.1) is 0 Å². The van der Waals surface area contributed by atoms with E-state index in [-0.39, 0.29) is 18.6 Å². The van der Waals surface area contributed by atoms with Gasteiger partial charge >= 0.3 is 0 Å². The van der Waals surface area contributed by atoms with E-state index in [0.29, 0.717) is 12.3 Å². The molecule has 1 N–H and O–H groups in total. The number of methoxy groups -OCH3 is 1. The van der Waals surface area contributed by atoms with Gasteiger partial charge in [-0.1, -0.05) is 42.8 Å². The van der Waals surface area contributed by atoms with E-state index in [1.807, 2.05) is 48.5 Å². The Bertz CT molecular complexity index is 715. The Hall–Kier alpha value is -2.53. The average Bonchev–Trinajstić information content (AvgIpc) is 2.74. The van der Waals surface area contributed by atoms with Crippen LogP contribution in [0.15, 0.2) is 54.6 Å². The van der Waals surface area contributed by atoms with Gasteiger partial charge in [0.2, 0.25) is 0 Å². The zero-order valence-electron chi connectivity index (χ0n) is 15.9. The lowest BCUT2D eigenvalue weighted by Crippen LogP contribution is -2.41. The highest BCUT2D eigenvalue weighted by Crippen LogP contribution is 2.30. The zero-order valence-corrected chi connectivity index (χ0v) is 15.9. The normalized spacial score (nSPS) is 15.7.